The van der Waals surface area contributed by atoms with Gasteiger partial charge in [0.1, 0.15) is 18.4 Å². The van der Waals surface area contributed by atoms with Crippen molar-refractivity contribution in [1.82, 2.24) is 30.0 Å². The fourth-order valence-corrected chi connectivity index (χ4v) is 9.62. The van der Waals surface area contributed by atoms with Gasteiger partial charge in [-0.1, -0.05) is 37.6 Å². The predicted octanol–water partition coefficient (Wildman–Crippen LogP) is 4.78. The van der Waals surface area contributed by atoms with Gasteiger partial charge in [0.05, 0.1) is 28.5 Å². The quantitative estimate of drug-likeness (QED) is 0.219. The number of nitriles is 1. The Hall–Kier alpha value is -5.88. The lowest BCUT2D eigenvalue weighted by Gasteiger charge is -2.50. The number of ether oxygens (including phenoxy) is 1. The molecule has 0 bridgehead atoms. The molecule has 4 fully saturated rings. The lowest BCUT2D eigenvalue weighted by Crippen LogP contribution is -2.62. The molecule has 14 nitrogen and oxygen atoms in total. The number of nitrogens with one attached hydrogen (secondary N) is 1. The Morgan fingerprint density at radius 1 is 0.803 bits per heavy atom. The Kier molecular flexibility index (Phi) is 11.0. The Balaban J connectivity index is 0.718. The van der Waals surface area contributed by atoms with E-state index in [9.17, 15) is 24.4 Å². The molecular weight excluding hydrogens is 794 g/mol. The van der Waals surface area contributed by atoms with Crippen LogP contribution < -0.4 is 19.9 Å². The third kappa shape index (κ3) is 8.05. The van der Waals surface area contributed by atoms with Crippen molar-refractivity contribution in [1.29, 1.82) is 5.26 Å². The van der Waals surface area contributed by atoms with Crippen LogP contribution in [-0.2, 0) is 21.6 Å². The maximum Gasteiger partial charge on any atom is 0.262 e. The number of amides is 4. The summed E-state index contributed by atoms with van der Waals surface area (Å²) in [5.74, 6) is -0.474. The number of nitrogens with zero attached hydrogens (tertiary/aromatic N) is 8. The first-order chi connectivity index (χ1) is 29.4. The topological polar surface area (TPSA) is 155 Å². The molecule has 4 amide bonds. The average molecular weight is 842 g/mol. The Bertz CT molecular complexity index is 2410. The summed E-state index contributed by atoms with van der Waals surface area (Å²) < 4.78 is 6.15. The molecule has 15 heteroatoms. The molecule has 1 atom stereocenters. The van der Waals surface area contributed by atoms with E-state index in [-0.39, 0.29) is 24.2 Å². The van der Waals surface area contributed by atoms with E-state index in [1.807, 2.05) is 48.5 Å². The second-order valence-electron chi connectivity index (χ2n) is 17.2. The molecule has 314 valence electrons. The molecule has 6 heterocycles. The zero-order chi connectivity index (χ0) is 42.4. The lowest BCUT2D eigenvalue weighted by atomic mass is 9.78. The zero-order valence-electron chi connectivity index (χ0n) is 34.3. The van der Waals surface area contributed by atoms with E-state index < -0.39 is 23.8 Å². The molecule has 1 unspecified atom stereocenters. The van der Waals surface area contributed by atoms with Crippen molar-refractivity contribution < 1.29 is 23.9 Å². The van der Waals surface area contributed by atoms with Gasteiger partial charge in [0.2, 0.25) is 17.8 Å². The number of hydrogen-bond donors (Lipinski definition) is 1. The Labute approximate surface area is 360 Å². The molecular formula is C46H48ClN9O5. The maximum atomic E-state index is 13.3. The Morgan fingerprint density at radius 2 is 1.52 bits per heavy atom. The van der Waals surface area contributed by atoms with Crippen LogP contribution in [0.2, 0.25) is 5.02 Å². The normalized spacial score (nSPS) is 20.7. The van der Waals surface area contributed by atoms with Gasteiger partial charge in [-0.05, 0) is 85.0 Å². The van der Waals surface area contributed by atoms with E-state index in [1.165, 1.54) is 0 Å². The maximum absolute atomic E-state index is 13.3. The molecule has 0 radical (unpaired) electrons. The van der Waals surface area contributed by atoms with E-state index in [1.54, 1.807) is 24.4 Å². The van der Waals surface area contributed by atoms with Crippen molar-refractivity contribution in [2.45, 2.75) is 69.7 Å². The molecule has 0 aliphatic carbocycles. The molecule has 0 spiro atoms. The van der Waals surface area contributed by atoms with Crippen molar-refractivity contribution in [3.05, 3.63) is 111 Å². The SMILES string of the molecule is CC(C)(c1ccc(OCc2ccnc(N3CCN(C4CCN(C5CN(c6ccc7c(c6)C(=O)N(C6CCC(=O)NC6=O)C7=O)C5)CC4)CC3)n2)cc1)c1cc(Cl)cc(C#N)c1. The van der Waals surface area contributed by atoms with E-state index >= 15 is 0 Å². The Morgan fingerprint density at radius 3 is 2.25 bits per heavy atom. The molecule has 61 heavy (non-hydrogen) atoms. The van der Waals surface area contributed by atoms with Crippen LogP contribution in [0, 0.1) is 11.3 Å². The number of carbonyl (C=O) groups excluding carboxylic acids is 4. The minimum absolute atomic E-state index is 0.0967. The summed E-state index contributed by atoms with van der Waals surface area (Å²) in [5, 5.41) is 12.2. The number of aromatic nitrogens is 2. The second-order valence-corrected chi connectivity index (χ2v) is 17.6. The highest BCUT2D eigenvalue weighted by atomic mass is 35.5. The second kappa shape index (κ2) is 16.5. The van der Waals surface area contributed by atoms with E-state index in [4.69, 9.17) is 21.3 Å². The lowest BCUT2D eigenvalue weighted by molar-refractivity contribution is -0.136. The largest absolute Gasteiger partial charge is 0.487 e. The fraction of sp³-hybridized carbons (Fsp3) is 0.413. The van der Waals surface area contributed by atoms with Gasteiger partial charge in [0.15, 0.2) is 0 Å². The number of hydrogen-bond acceptors (Lipinski definition) is 12. The van der Waals surface area contributed by atoms with Gasteiger partial charge in [-0.15, -0.1) is 0 Å². The number of fused-ring (bicyclic) bond motifs is 1. The minimum Gasteiger partial charge on any atom is -0.487 e. The highest BCUT2D eigenvalue weighted by Gasteiger charge is 2.45. The first-order valence-electron chi connectivity index (χ1n) is 21.1. The van der Waals surface area contributed by atoms with Gasteiger partial charge < -0.3 is 14.5 Å². The van der Waals surface area contributed by atoms with Gasteiger partial charge in [-0.25, -0.2) is 9.97 Å². The molecule has 1 aromatic heterocycles. The summed E-state index contributed by atoms with van der Waals surface area (Å²) in [6.07, 6.45) is 4.28. The molecule has 9 rings (SSSR count). The van der Waals surface area contributed by atoms with Gasteiger partial charge in [-0.2, -0.15) is 5.26 Å². The van der Waals surface area contributed by atoms with Crippen molar-refractivity contribution >= 4 is 46.9 Å². The highest BCUT2D eigenvalue weighted by molar-refractivity contribution is 6.30. The highest BCUT2D eigenvalue weighted by Crippen LogP contribution is 2.36. The summed E-state index contributed by atoms with van der Waals surface area (Å²) in [6.45, 7) is 12.0. The summed E-state index contributed by atoms with van der Waals surface area (Å²) in [4.78, 5) is 70.7. The summed E-state index contributed by atoms with van der Waals surface area (Å²) >= 11 is 6.30. The monoisotopic (exact) mass is 841 g/mol. The van der Waals surface area contributed by atoms with Gasteiger partial charge in [-0.3, -0.25) is 39.2 Å². The third-order valence-electron chi connectivity index (χ3n) is 13.2. The molecule has 1 N–H and O–H groups in total. The average Bonchev–Trinajstić information content (AvgIpc) is 3.50. The number of halogens is 1. The fourth-order valence-electron chi connectivity index (χ4n) is 9.38. The molecule has 0 saturated carbocycles. The van der Waals surface area contributed by atoms with Crippen molar-refractivity contribution in [2.24, 2.45) is 0 Å². The first kappa shape index (κ1) is 40.5. The van der Waals surface area contributed by atoms with Crippen LogP contribution in [0.25, 0.3) is 0 Å². The number of imide groups is 2. The van der Waals surface area contributed by atoms with Gasteiger partial charge in [0.25, 0.3) is 11.8 Å². The zero-order valence-corrected chi connectivity index (χ0v) is 35.1. The van der Waals surface area contributed by atoms with E-state index in [0.29, 0.717) is 40.4 Å². The standard InChI is InChI=1S/C46H48ClN9O5/c1-46(2,31-21-29(25-48)22-32(47)23-31)30-3-6-37(7-4-30)61-28-33-11-14-49-45(50-33)54-19-17-53(18-20-54)34-12-15-52(16-13-34)36-26-55(27-36)35-5-8-38-39(24-35)44(60)56(43(38)59)40-9-10-41(57)51-42(40)58/h3-8,11,14,21-24,34,36,40H,9-10,12-13,15-20,26-28H2,1-2H3,(H,51,57,58). The summed E-state index contributed by atoms with van der Waals surface area (Å²) in [5.41, 5.74) is 4.58. The van der Waals surface area contributed by atoms with E-state index in [2.05, 4.69) is 49.8 Å². The van der Waals surface area contributed by atoms with Gasteiger partial charge in [0, 0.05) is 93.2 Å². The van der Waals surface area contributed by atoms with Crippen LogP contribution in [0.1, 0.15) is 82.6 Å². The van der Waals surface area contributed by atoms with Crippen molar-refractivity contribution in [3.63, 3.8) is 0 Å². The van der Waals surface area contributed by atoms with Crippen LogP contribution in [0.3, 0.4) is 0 Å². The van der Waals surface area contributed by atoms with Crippen LogP contribution in [0.15, 0.2) is 72.9 Å². The number of anilines is 2. The van der Waals surface area contributed by atoms with Crippen molar-refractivity contribution in [2.75, 3.05) is 62.2 Å². The number of likely N-dealkylation sites (tertiary alicyclic amines) is 1. The molecule has 4 aromatic rings. The number of piperazine rings is 1. The molecule has 3 aromatic carbocycles. The number of carbonyl (C=O) groups is 4. The number of piperidine rings is 2. The molecule has 5 aliphatic heterocycles. The third-order valence-corrected chi connectivity index (χ3v) is 13.4. The van der Waals surface area contributed by atoms with Crippen LogP contribution in [-0.4, -0.2) is 119 Å². The smallest absolute Gasteiger partial charge is 0.262 e. The molecule has 5 aliphatic rings. The molecule has 4 saturated heterocycles. The predicted molar refractivity (Wildman–Crippen MR) is 229 cm³/mol. The first-order valence-corrected chi connectivity index (χ1v) is 21.4. The number of benzene rings is 3. The van der Waals surface area contributed by atoms with Gasteiger partial charge >= 0.3 is 0 Å². The number of rotatable bonds is 10. The van der Waals surface area contributed by atoms with E-state index in [0.717, 1.165) is 104 Å². The van der Waals surface area contributed by atoms with Crippen LogP contribution in [0.5, 0.6) is 5.75 Å². The summed E-state index contributed by atoms with van der Waals surface area (Å²) in [6, 6.07) is 22.9. The van der Waals surface area contributed by atoms with Crippen molar-refractivity contribution in [3.8, 4) is 11.8 Å². The van der Waals surface area contributed by atoms with Crippen LogP contribution >= 0.6 is 11.6 Å². The van der Waals surface area contributed by atoms with Crippen LogP contribution in [0.4, 0.5) is 11.6 Å². The summed E-state index contributed by atoms with van der Waals surface area (Å²) in [7, 11) is 0. The minimum atomic E-state index is -0.966.